The molecule has 0 atom stereocenters. The molecule has 38 heavy (non-hydrogen) atoms. The number of aryl methyl sites for hydroxylation is 1. The van der Waals surface area contributed by atoms with Gasteiger partial charge in [0, 0.05) is 22.2 Å². The van der Waals surface area contributed by atoms with E-state index in [1.807, 2.05) is 68.5 Å². The van der Waals surface area contributed by atoms with Crippen LogP contribution in [0.4, 0.5) is 5.69 Å². The van der Waals surface area contributed by atoms with Crippen LogP contribution >= 0.6 is 35.0 Å². The first kappa shape index (κ1) is 28.1. The molecule has 0 saturated carbocycles. The van der Waals surface area contributed by atoms with E-state index in [9.17, 15) is 4.79 Å². The van der Waals surface area contributed by atoms with Crippen LogP contribution in [-0.4, -0.2) is 29.1 Å². The smallest absolute Gasteiger partial charge is 0.266 e. The van der Waals surface area contributed by atoms with Crippen molar-refractivity contribution in [1.29, 1.82) is 0 Å². The summed E-state index contributed by atoms with van der Waals surface area (Å²) < 4.78 is 11.9. The number of thioether (sulfide) groups is 1. The van der Waals surface area contributed by atoms with Gasteiger partial charge in [-0.05, 0) is 80.1 Å². The highest BCUT2D eigenvalue weighted by Gasteiger charge is 2.33. The van der Waals surface area contributed by atoms with Gasteiger partial charge in [0.15, 0.2) is 16.7 Å². The molecular weight excluding hydrogens is 539 g/mol. The molecule has 198 valence electrons. The summed E-state index contributed by atoms with van der Waals surface area (Å²) in [6.07, 6.45) is 3.78. The number of nitrogens with zero attached hydrogens (tertiary/aromatic N) is 2. The minimum atomic E-state index is -0.0371. The second-order valence-electron chi connectivity index (χ2n) is 8.81. The standard InChI is InChI=1S/C30H30Cl2N2O3S/c1-4-6-15-34-29(35)28(38-30(34)33-24-12-7-20(3)8-13-24)17-21-9-14-26(27(16-21)36-5-2)37-19-22-10-11-23(31)18-25(22)32/h7-14,16-18H,4-6,15,19H2,1-3H3/b28-17+,33-30?. The molecule has 1 heterocycles. The van der Waals surface area contributed by atoms with Crippen LogP contribution in [0.1, 0.15) is 43.4 Å². The Kier molecular flexibility index (Phi) is 9.78. The van der Waals surface area contributed by atoms with Crippen LogP contribution < -0.4 is 9.47 Å². The number of amides is 1. The average Bonchev–Trinajstić information content (AvgIpc) is 3.18. The molecule has 0 aliphatic carbocycles. The van der Waals surface area contributed by atoms with Gasteiger partial charge in [0.1, 0.15) is 6.61 Å². The van der Waals surface area contributed by atoms with E-state index in [2.05, 4.69) is 6.92 Å². The zero-order chi connectivity index (χ0) is 27.1. The second kappa shape index (κ2) is 13.2. The van der Waals surface area contributed by atoms with Gasteiger partial charge in [-0.25, -0.2) is 4.99 Å². The first-order chi connectivity index (χ1) is 18.4. The van der Waals surface area contributed by atoms with E-state index >= 15 is 0 Å². The molecule has 0 N–H and O–H groups in total. The summed E-state index contributed by atoms with van der Waals surface area (Å²) in [5.74, 6) is 1.15. The Bertz CT molecular complexity index is 1360. The molecule has 8 heteroatoms. The third kappa shape index (κ3) is 7.13. The summed E-state index contributed by atoms with van der Waals surface area (Å²) in [6.45, 7) is 7.45. The highest BCUT2D eigenvalue weighted by Crippen LogP contribution is 2.36. The first-order valence-corrected chi connectivity index (χ1v) is 14.2. The predicted molar refractivity (Wildman–Crippen MR) is 159 cm³/mol. The molecule has 0 unspecified atom stereocenters. The first-order valence-electron chi connectivity index (χ1n) is 12.6. The highest BCUT2D eigenvalue weighted by molar-refractivity contribution is 8.18. The van der Waals surface area contributed by atoms with Crippen LogP contribution in [0.15, 0.2) is 70.6 Å². The van der Waals surface area contributed by atoms with Crippen molar-refractivity contribution >= 4 is 57.8 Å². The molecule has 1 amide bonds. The summed E-state index contributed by atoms with van der Waals surface area (Å²) >= 11 is 13.7. The molecule has 0 aromatic heterocycles. The third-order valence-electron chi connectivity index (χ3n) is 5.85. The Morgan fingerprint density at radius 2 is 1.76 bits per heavy atom. The number of benzene rings is 3. The summed E-state index contributed by atoms with van der Waals surface area (Å²) in [4.78, 5) is 20.5. The summed E-state index contributed by atoms with van der Waals surface area (Å²) in [7, 11) is 0. The van der Waals surface area contributed by atoms with E-state index in [-0.39, 0.29) is 12.5 Å². The number of carbonyl (C=O) groups excluding carboxylic acids is 1. The van der Waals surface area contributed by atoms with Crippen molar-refractivity contribution in [3.63, 3.8) is 0 Å². The molecule has 1 aliphatic heterocycles. The Labute approximate surface area is 238 Å². The van der Waals surface area contributed by atoms with Crippen LogP contribution in [0.3, 0.4) is 0 Å². The molecule has 1 saturated heterocycles. The van der Waals surface area contributed by atoms with Crippen molar-refractivity contribution in [3.05, 3.63) is 92.3 Å². The van der Waals surface area contributed by atoms with Gasteiger partial charge in [0.2, 0.25) is 0 Å². The van der Waals surface area contributed by atoms with Gasteiger partial charge < -0.3 is 9.47 Å². The minimum Gasteiger partial charge on any atom is -0.490 e. The third-order valence-corrected chi connectivity index (χ3v) is 7.44. The van der Waals surface area contributed by atoms with Gasteiger partial charge in [-0.3, -0.25) is 9.69 Å². The maximum Gasteiger partial charge on any atom is 0.266 e. The van der Waals surface area contributed by atoms with Crippen molar-refractivity contribution in [2.75, 3.05) is 13.2 Å². The Hall–Kier alpha value is -2.93. The monoisotopic (exact) mass is 568 g/mol. The SMILES string of the molecule is CCCCN1C(=O)/C(=C\c2ccc(OCc3ccc(Cl)cc3Cl)c(OCC)c2)SC1=Nc1ccc(C)cc1. The Morgan fingerprint density at radius 3 is 2.47 bits per heavy atom. The molecule has 3 aromatic carbocycles. The van der Waals surface area contributed by atoms with E-state index in [1.54, 1.807) is 17.0 Å². The fourth-order valence-corrected chi connectivity index (χ4v) is 5.27. The molecule has 0 bridgehead atoms. The van der Waals surface area contributed by atoms with Gasteiger partial charge in [-0.15, -0.1) is 0 Å². The molecular formula is C30H30Cl2N2O3S. The normalized spacial score (nSPS) is 15.5. The number of amidine groups is 1. The number of hydrogen-bond acceptors (Lipinski definition) is 5. The highest BCUT2D eigenvalue weighted by atomic mass is 35.5. The van der Waals surface area contributed by atoms with E-state index in [0.717, 1.165) is 29.7 Å². The fraction of sp³-hybridized carbons (Fsp3) is 0.267. The van der Waals surface area contributed by atoms with Crippen molar-refractivity contribution < 1.29 is 14.3 Å². The van der Waals surface area contributed by atoms with Crippen molar-refractivity contribution in [2.45, 2.75) is 40.2 Å². The van der Waals surface area contributed by atoms with Crippen LogP contribution in [-0.2, 0) is 11.4 Å². The van der Waals surface area contributed by atoms with Crippen molar-refractivity contribution in [2.24, 2.45) is 4.99 Å². The van der Waals surface area contributed by atoms with Crippen LogP contribution in [0.5, 0.6) is 11.5 Å². The fourth-order valence-electron chi connectivity index (χ4n) is 3.78. The molecule has 5 nitrogen and oxygen atoms in total. The van der Waals surface area contributed by atoms with Gasteiger partial charge >= 0.3 is 0 Å². The van der Waals surface area contributed by atoms with Crippen molar-refractivity contribution in [3.8, 4) is 11.5 Å². The van der Waals surface area contributed by atoms with Crippen LogP contribution in [0.2, 0.25) is 10.0 Å². The van der Waals surface area contributed by atoms with Crippen molar-refractivity contribution in [1.82, 2.24) is 4.90 Å². The number of hydrogen-bond donors (Lipinski definition) is 0. The lowest BCUT2D eigenvalue weighted by Crippen LogP contribution is -2.30. The van der Waals surface area contributed by atoms with Crippen LogP contribution in [0.25, 0.3) is 6.08 Å². The zero-order valence-corrected chi connectivity index (χ0v) is 24.0. The lowest BCUT2D eigenvalue weighted by Gasteiger charge is -2.15. The number of carbonyl (C=O) groups is 1. The zero-order valence-electron chi connectivity index (χ0n) is 21.7. The lowest BCUT2D eigenvalue weighted by molar-refractivity contribution is -0.122. The number of halogens is 2. The number of unbranched alkanes of at least 4 members (excludes halogenated alkanes) is 1. The topological polar surface area (TPSA) is 51.1 Å². The second-order valence-corrected chi connectivity index (χ2v) is 10.7. The number of aliphatic imine (C=N–C) groups is 1. The van der Waals surface area contributed by atoms with Gasteiger partial charge in [-0.1, -0.05) is 66.4 Å². The molecule has 4 rings (SSSR count). The largest absolute Gasteiger partial charge is 0.490 e. The number of ether oxygens (including phenoxy) is 2. The predicted octanol–water partition coefficient (Wildman–Crippen LogP) is 8.68. The maximum absolute atomic E-state index is 13.3. The Balaban J connectivity index is 1.58. The molecule has 1 fully saturated rings. The summed E-state index contributed by atoms with van der Waals surface area (Å²) in [5, 5.41) is 1.82. The minimum absolute atomic E-state index is 0.0371. The summed E-state index contributed by atoms with van der Waals surface area (Å²) in [6, 6.07) is 18.9. The average molecular weight is 570 g/mol. The summed E-state index contributed by atoms with van der Waals surface area (Å²) in [5.41, 5.74) is 3.66. The van der Waals surface area contributed by atoms with Gasteiger partial charge in [0.25, 0.3) is 5.91 Å². The molecule has 1 aliphatic rings. The van der Waals surface area contributed by atoms with E-state index in [4.69, 9.17) is 37.7 Å². The molecule has 0 spiro atoms. The van der Waals surface area contributed by atoms with Gasteiger partial charge in [-0.2, -0.15) is 0 Å². The lowest BCUT2D eigenvalue weighted by atomic mass is 10.1. The van der Waals surface area contributed by atoms with E-state index < -0.39 is 0 Å². The maximum atomic E-state index is 13.3. The Morgan fingerprint density at radius 1 is 0.974 bits per heavy atom. The van der Waals surface area contributed by atoms with Gasteiger partial charge in [0.05, 0.1) is 17.2 Å². The molecule has 3 aromatic rings. The van der Waals surface area contributed by atoms with E-state index in [0.29, 0.717) is 44.8 Å². The van der Waals surface area contributed by atoms with Crippen LogP contribution in [0, 0.1) is 6.92 Å². The number of rotatable bonds is 10. The van der Waals surface area contributed by atoms with E-state index in [1.165, 1.54) is 17.3 Å². The quantitative estimate of drug-likeness (QED) is 0.229. The molecule has 0 radical (unpaired) electrons.